The zero-order valence-corrected chi connectivity index (χ0v) is 13.1. The fraction of sp³-hybridized carbons (Fsp3) is 0. The van der Waals surface area contributed by atoms with Gasteiger partial charge < -0.3 is 0 Å². The lowest BCUT2D eigenvalue weighted by Crippen LogP contribution is -1.84. The van der Waals surface area contributed by atoms with Gasteiger partial charge in [-0.05, 0) is 63.0 Å². The molecule has 0 radical (unpaired) electrons. The molecule has 0 aromatic heterocycles. The van der Waals surface area contributed by atoms with Crippen LogP contribution in [0.5, 0.6) is 0 Å². The molecular weight excluding hydrogens is 300 g/mol. The van der Waals surface area contributed by atoms with E-state index in [1.165, 1.54) is 21.9 Å². The molecule has 0 bridgehead atoms. The molecule has 0 atom stereocenters. The van der Waals surface area contributed by atoms with Gasteiger partial charge in [-0.25, -0.2) is 0 Å². The quantitative estimate of drug-likeness (QED) is 0.362. The monoisotopic (exact) mass is 312 g/mol. The van der Waals surface area contributed by atoms with E-state index in [0.29, 0.717) is 0 Å². The second-order valence-electron chi connectivity index (χ2n) is 5.59. The summed E-state index contributed by atoms with van der Waals surface area (Å²) in [6, 6.07) is 24.9. The fourth-order valence-electron chi connectivity index (χ4n) is 3.01. The molecule has 4 rings (SSSR count). The average Bonchev–Trinajstić information content (AvgIpc) is 2.60. The van der Waals surface area contributed by atoms with Gasteiger partial charge in [0.1, 0.15) is 0 Å². The maximum atomic E-state index is 6.13. The van der Waals surface area contributed by atoms with Gasteiger partial charge in [-0.1, -0.05) is 60.0 Å². The molecule has 0 aliphatic heterocycles. The van der Waals surface area contributed by atoms with Crippen LogP contribution in [-0.2, 0) is 0 Å². The molecule has 108 valence electrons. The van der Waals surface area contributed by atoms with E-state index in [9.17, 15) is 0 Å². The molecule has 0 saturated carbocycles. The summed E-state index contributed by atoms with van der Waals surface area (Å²) in [5.74, 6) is 2.69. The van der Waals surface area contributed by atoms with E-state index in [1.807, 2.05) is 24.3 Å². The molecular formula is C22H13Cl. The third kappa shape index (κ3) is 2.46. The number of hydrogen-bond donors (Lipinski definition) is 0. The van der Waals surface area contributed by atoms with Crippen LogP contribution in [0.4, 0.5) is 0 Å². The van der Waals surface area contributed by atoms with Gasteiger partial charge in [-0.3, -0.25) is 0 Å². The summed E-state index contributed by atoms with van der Waals surface area (Å²) in [6.45, 7) is 0. The van der Waals surface area contributed by atoms with E-state index in [4.69, 9.17) is 18.0 Å². The third-order valence-corrected chi connectivity index (χ3v) is 4.40. The lowest BCUT2D eigenvalue weighted by molar-refractivity contribution is 1.66. The fourth-order valence-corrected chi connectivity index (χ4v) is 3.19. The van der Waals surface area contributed by atoms with Gasteiger partial charge in [0.05, 0.1) is 0 Å². The van der Waals surface area contributed by atoms with Gasteiger partial charge in [0, 0.05) is 10.6 Å². The van der Waals surface area contributed by atoms with Crippen molar-refractivity contribution in [3.63, 3.8) is 0 Å². The summed E-state index contributed by atoms with van der Waals surface area (Å²) in [7, 11) is 0. The maximum absolute atomic E-state index is 6.13. The van der Waals surface area contributed by atoms with Crippen LogP contribution < -0.4 is 0 Å². The largest absolute Gasteiger partial charge is 0.115 e. The van der Waals surface area contributed by atoms with E-state index in [0.717, 1.165) is 21.4 Å². The Morgan fingerprint density at radius 3 is 2.48 bits per heavy atom. The first-order valence-electron chi connectivity index (χ1n) is 7.44. The summed E-state index contributed by atoms with van der Waals surface area (Å²) in [5, 5.41) is 5.45. The van der Waals surface area contributed by atoms with Crippen molar-refractivity contribution in [3.8, 4) is 23.5 Å². The Balaban J connectivity index is 1.97. The molecule has 0 N–H and O–H groups in total. The first-order valence-corrected chi connectivity index (χ1v) is 7.81. The van der Waals surface area contributed by atoms with Crippen molar-refractivity contribution in [3.05, 3.63) is 83.4 Å². The Bertz CT molecular complexity index is 1080. The Hall–Kier alpha value is -2.75. The molecule has 4 aromatic carbocycles. The predicted molar refractivity (Wildman–Crippen MR) is 99.8 cm³/mol. The van der Waals surface area contributed by atoms with E-state index in [-0.39, 0.29) is 0 Å². The molecule has 0 amide bonds. The van der Waals surface area contributed by atoms with Crippen molar-refractivity contribution < 1.29 is 0 Å². The SMILES string of the molecule is C#Cc1ccc2c(-c3ccc4ccc(Cl)cc4c3)cccc2c1. The first-order chi connectivity index (χ1) is 11.2. The highest BCUT2D eigenvalue weighted by atomic mass is 35.5. The normalized spacial score (nSPS) is 10.8. The lowest BCUT2D eigenvalue weighted by atomic mass is 9.95. The van der Waals surface area contributed by atoms with Gasteiger partial charge in [0.15, 0.2) is 0 Å². The van der Waals surface area contributed by atoms with Crippen LogP contribution in [0.1, 0.15) is 5.56 Å². The number of fused-ring (bicyclic) bond motifs is 2. The molecule has 0 unspecified atom stereocenters. The number of benzene rings is 4. The molecule has 1 heteroatoms. The topological polar surface area (TPSA) is 0 Å². The van der Waals surface area contributed by atoms with Crippen molar-refractivity contribution >= 4 is 33.1 Å². The van der Waals surface area contributed by atoms with Crippen LogP contribution in [0.2, 0.25) is 5.02 Å². The molecule has 4 aromatic rings. The highest BCUT2D eigenvalue weighted by molar-refractivity contribution is 6.31. The van der Waals surface area contributed by atoms with Crippen LogP contribution in [0.15, 0.2) is 72.8 Å². The molecule has 0 aliphatic carbocycles. The van der Waals surface area contributed by atoms with Crippen LogP contribution in [0.25, 0.3) is 32.7 Å². The highest BCUT2D eigenvalue weighted by Gasteiger charge is 2.05. The van der Waals surface area contributed by atoms with E-state index < -0.39 is 0 Å². The van der Waals surface area contributed by atoms with Crippen molar-refractivity contribution in [1.29, 1.82) is 0 Å². The van der Waals surface area contributed by atoms with E-state index in [2.05, 4.69) is 54.5 Å². The summed E-state index contributed by atoms with van der Waals surface area (Å²) in [5.41, 5.74) is 3.28. The van der Waals surface area contributed by atoms with Gasteiger partial charge in [0.2, 0.25) is 0 Å². The molecule has 0 saturated heterocycles. The van der Waals surface area contributed by atoms with Crippen molar-refractivity contribution in [2.45, 2.75) is 0 Å². The Morgan fingerprint density at radius 2 is 1.61 bits per heavy atom. The number of terminal acetylenes is 1. The minimum atomic E-state index is 0.756. The van der Waals surface area contributed by atoms with Crippen molar-refractivity contribution in [2.24, 2.45) is 0 Å². The van der Waals surface area contributed by atoms with Crippen molar-refractivity contribution in [1.82, 2.24) is 0 Å². The predicted octanol–water partition coefficient (Wildman–Crippen LogP) is 6.29. The Labute approximate surface area is 140 Å². The maximum Gasteiger partial charge on any atom is 0.0412 e. The number of rotatable bonds is 1. The molecule has 0 heterocycles. The van der Waals surface area contributed by atoms with E-state index in [1.54, 1.807) is 0 Å². The molecule has 0 spiro atoms. The van der Waals surface area contributed by atoms with Gasteiger partial charge in [-0.15, -0.1) is 6.42 Å². The minimum Gasteiger partial charge on any atom is -0.115 e. The zero-order valence-electron chi connectivity index (χ0n) is 12.4. The molecule has 23 heavy (non-hydrogen) atoms. The van der Waals surface area contributed by atoms with Gasteiger partial charge >= 0.3 is 0 Å². The summed E-state index contributed by atoms with van der Waals surface area (Å²) in [4.78, 5) is 0. The highest BCUT2D eigenvalue weighted by Crippen LogP contribution is 2.32. The second-order valence-corrected chi connectivity index (χ2v) is 6.03. The van der Waals surface area contributed by atoms with Crippen LogP contribution in [0, 0.1) is 12.3 Å². The smallest absolute Gasteiger partial charge is 0.0412 e. The van der Waals surface area contributed by atoms with Crippen molar-refractivity contribution in [2.75, 3.05) is 0 Å². The number of halogens is 1. The van der Waals surface area contributed by atoms with Crippen LogP contribution in [-0.4, -0.2) is 0 Å². The van der Waals surface area contributed by atoms with Gasteiger partial charge in [0.25, 0.3) is 0 Å². The van der Waals surface area contributed by atoms with Crippen LogP contribution in [0.3, 0.4) is 0 Å². The number of hydrogen-bond acceptors (Lipinski definition) is 0. The minimum absolute atomic E-state index is 0.756. The second kappa shape index (κ2) is 5.47. The van der Waals surface area contributed by atoms with Crippen LogP contribution >= 0.6 is 11.6 Å². The molecule has 0 nitrogen and oxygen atoms in total. The first kappa shape index (κ1) is 13.9. The standard InChI is InChI=1S/C22H13Cl/c1-2-15-6-11-22-17(12-15)4-3-5-21(22)18-8-7-16-9-10-20(23)14-19(16)13-18/h1,3-14H. The average molecular weight is 313 g/mol. The lowest BCUT2D eigenvalue weighted by Gasteiger charge is -2.09. The summed E-state index contributed by atoms with van der Waals surface area (Å²) < 4.78 is 0. The molecule has 0 fully saturated rings. The van der Waals surface area contributed by atoms with E-state index >= 15 is 0 Å². The Morgan fingerprint density at radius 1 is 0.739 bits per heavy atom. The summed E-state index contributed by atoms with van der Waals surface area (Å²) >= 11 is 6.13. The van der Waals surface area contributed by atoms with Gasteiger partial charge in [-0.2, -0.15) is 0 Å². The third-order valence-electron chi connectivity index (χ3n) is 4.16. The summed E-state index contributed by atoms with van der Waals surface area (Å²) in [6.07, 6.45) is 5.50. The molecule has 0 aliphatic rings. The Kier molecular flexibility index (Phi) is 3.30. The zero-order chi connectivity index (χ0) is 15.8.